The van der Waals surface area contributed by atoms with Crippen LogP contribution in [-0.2, 0) is 0 Å². The van der Waals surface area contributed by atoms with Crippen molar-refractivity contribution in [3.63, 3.8) is 0 Å². The maximum absolute atomic E-state index is 10.1. The van der Waals surface area contributed by atoms with E-state index in [0.717, 1.165) is 38.0 Å². The number of aromatic nitrogens is 2. The van der Waals surface area contributed by atoms with Gasteiger partial charge in [0.2, 0.25) is 0 Å². The lowest BCUT2D eigenvalue weighted by molar-refractivity contribution is 0.477. The van der Waals surface area contributed by atoms with Crippen molar-refractivity contribution >= 4 is 11.5 Å². The third-order valence-corrected chi connectivity index (χ3v) is 4.46. The molecule has 0 radical (unpaired) electrons. The molecule has 5 N–H and O–H groups in total. The fraction of sp³-hybridized carbons (Fsp3) is 0.421. The van der Waals surface area contributed by atoms with Gasteiger partial charge in [0, 0.05) is 18.2 Å². The standard InChI is InChI=1S/C19H26N6O/c1-2-9-22-19(20)18-16(23-13-7-10-21-11-8-13)12-15(24-25-18)14-5-3-4-6-17(14)26/h3-6,12-13,21,26H,2,7-11H2,1H3,(H2,20,22)(H,23,24). The largest absolute Gasteiger partial charge is 0.507 e. The number of phenolic OH excluding ortho intramolecular Hbond substituents is 1. The quantitative estimate of drug-likeness (QED) is 0.403. The molecular weight excluding hydrogens is 328 g/mol. The minimum absolute atomic E-state index is 0.168. The first kappa shape index (κ1) is 18.1. The van der Waals surface area contributed by atoms with E-state index in [1.807, 2.05) is 18.2 Å². The molecule has 0 amide bonds. The molecule has 0 saturated carbocycles. The number of aromatic hydroxyl groups is 1. The van der Waals surface area contributed by atoms with Crippen molar-refractivity contribution in [2.45, 2.75) is 32.2 Å². The number of benzene rings is 1. The molecule has 1 aromatic heterocycles. The van der Waals surface area contributed by atoms with E-state index in [-0.39, 0.29) is 11.6 Å². The number of anilines is 1. The first-order valence-electron chi connectivity index (χ1n) is 9.15. The Kier molecular flexibility index (Phi) is 6.01. The third-order valence-electron chi connectivity index (χ3n) is 4.46. The molecule has 7 nitrogen and oxygen atoms in total. The lowest BCUT2D eigenvalue weighted by atomic mass is 10.1. The number of rotatable bonds is 6. The Morgan fingerprint density at radius 3 is 2.77 bits per heavy atom. The van der Waals surface area contributed by atoms with Crippen molar-refractivity contribution in [1.82, 2.24) is 20.8 Å². The summed E-state index contributed by atoms with van der Waals surface area (Å²) in [7, 11) is 0. The van der Waals surface area contributed by atoms with E-state index in [9.17, 15) is 5.11 Å². The Morgan fingerprint density at radius 1 is 1.27 bits per heavy atom. The van der Waals surface area contributed by atoms with E-state index in [2.05, 4.69) is 33.1 Å². The zero-order chi connectivity index (χ0) is 18.4. The van der Waals surface area contributed by atoms with Gasteiger partial charge >= 0.3 is 0 Å². The highest BCUT2D eigenvalue weighted by molar-refractivity contribution is 5.99. The highest BCUT2D eigenvalue weighted by Crippen LogP contribution is 2.29. The molecule has 1 saturated heterocycles. The second kappa shape index (κ2) is 8.62. The maximum atomic E-state index is 10.1. The predicted molar refractivity (Wildman–Crippen MR) is 104 cm³/mol. The van der Waals surface area contributed by atoms with E-state index >= 15 is 0 Å². The monoisotopic (exact) mass is 354 g/mol. The minimum Gasteiger partial charge on any atom is -0.507 e. The van der Waals surface area contributed by atoms with Crippen molar-refractivity contribution in [3.8, 4) is 17.0 Å². The van der Waals surface area contributed by atoms with Crippen LogP contribution >= 0.6 is 0 Å². The van der Waals surface area contributed by atoms with Crippen LogP contribution in [0, 0.1) is 5.41 Å². The topological polar surface area (TPSA) is 106 Å². The van der Waals surface area contributed by atoms with Gasteiger partial charge in [-0.3, -0.25) is 5.41 Å². The predicted octanol–water partition coefficient (Wildman–Crippen LogP) is 2.34. The second-order valence-electron chi connectivity index (χ2n) is 6.48. The molecule has 0 unspecified atom stereocenters. The molecule has 3 rings (SSSR count). The number of nitrogens with zero attached hydrogens (tertiary/aromatic N) is 2. The summed E-state index contributed by atoms with van der Waals surface area (Å²) in [4.78, 5) is 0. The van der Waals surface area contributed by atoms with Gasteiger partial charge in [0.25, 0.3) is 0 Å². The second-order valence-corrected chi connectivity index (χ2v) is 6.48. The van der Waals surface area contributed by atoms with Crippen LogP contribution in [0.3, 0.4) is 0 Å². The van der Waals surface area contributed by atoms with Crippen molar-refractivity contribution in [3.05, 3.63) is 36.0 Å². The summed E-state index contributed by atoms with van der Waals surface area (Å²) < 4.78 is 0. The van der Waals surface area contributed by atoms with Crippen LogP contribution in [0.5, 0.6) is 5.75 Å². The van der Waals surface area contributed by atoms with Gasteiger partial charge < -0.3 is 21.1 Å². The zero-order valence-electron chi connectivity index (χ0n) is 15.0. The number of hydrogen-bond donors (Lipinski definition) is 5. The van der Waals surface area contributed by atoms with Gasteiger partial charge in [-0.15, -0.1) is 10.2 Å². The molecule has 0 atom stereocenters. The van der Waals surface area contributed by atoms with Gasteiger partial charge in [0.05, 0.1) is 11.4 Å². The van der Waals surface area contributed by atoms with Crippen LogP contribution in [-0.4, -0.2) is 46.8 Å². The Morgan fingerprint density at radius 2 is 2.04 bits per heavy atom. The molecule has 1 aliphatic rings. The van der Waals surface area contributed by atoms with Crippen LogP contribution in [0.4, 0.5) is 5.69 Å². The molecule has 1 fully saturated rings. The summed E-state index contributed by atoms with van der Waals surface area (Å²) >= 11 is 0. The van der Waals surface area contributed by atoms with Crippen LogP contribution in [0.15, 0.2) is 30.3 Å². The van der Waals surface area contributed by atoms with E-state index in [4.69, 9.17) is 5.41 Å². The fourth-order valence-corrected chi connectivity index (χ4v) is 3.03. The number of hydrogen-bond acceptors (Lipinski definition) is 6. The molecule has 7 heteroatoms. The van der Waals surface area contributed by atoms with Crippen LogP contribution in [0.2, 0.25) is 0 Å². The number of nitrogens with one attached hydrogen (secondary N) is 4. The summed E-state index contributed by atoms with van der Waals surface area (Å²) in [6.07, 6.45) is 2.97. The lowest BCUT2D eigenvalue weighted by Crippen LogP contribution is -2.36. The van der Waals surface area contributed by atoms with Crippen molar-refractivity contribution in [2.75, 3.05) is 25.0 Å². The molecule has 2 aromatic rings. The van der Waals surface area contributed by atoms with Gasteiger partial charge in [-0.1, -0.05) is 19.1 Å². The van der Waals surface area contributed by atoms with Gasteiger partial charge in [-0.05, 0) is 50.6 Å². The van der Waals surface area contributed by atoms with Gasteiger partial charge in [-0.25, -0.2) is 0 Å². The third kappa shape index (κ3) is 4.29. The number of amidine groups is 1. The lowest BCUT2D eigenvalue weighted by Gasteiger charge is -2.25. The van der Waals surface area contributed by atoms with Gasteiger partial charge in [-0.2, -0.15) is 0 Å². The highest BCUT2D eigenvalue weighted by Gasteiger charge is 2.19. The molecule has 0 aliphatic carbocycles. The maximum Gasteiger partial charge on any atom is 0.150 e. The molecule has 2 heterocycles. The number of para-hydroxylation sites is 1. The average molecular weight is 354 g/mol. The molecule has 1 aliphatic heterocycles. The van der Waals surface area contributed by atoms with Gasteiger partial charge in [0.15, 0.2) is 5.69 Å². The molecule has 0 spiro atoms. The van der Waals surface area contributed by atoms with E-state index < -0.39 is 0 Å². The van der Waals surface area contributed by atoms with Crippen molar-refractivity contribution in [2.24, 2.45) is 0 Å². The Hall–Kier alpha value is -2.67. The number of piperidine rings is 1. The van der Waals surface area contributed by atoms with E-state index in [0.29, 0.717) is 29.5 Å². The van der Waals surface area contributed by atoms with Crippen LogP contribution < -0.4 is 16.0 Å². The molecule has 1 aromatic carbocycles. The summed E-state index contributed by atoms with van der Waals surface area (Å²) in [5.41, 5.74) is 2.51. The molecular formula is C19H26N6O. The first-order chi connectivity index (χ1) is 12.7. The highest BCUT2D eigenvalue weighted by atomic mass is 16.3. The smallest absolute Gasteiger partial charge is 0.150 e. The normalized spacial score (nSPS) is 14.8. The van der Waals surface area contributed by atoms with Gasteiger partial charge in [0.1, 0.15) is 11.6 Å². The average Bonchev–Trinajstić information content (AvgIpc) is 2.67. The Labute approximate surface area is 153 Å². The van der Waals surface area contributed by atoms with E-state index in [1.165, 1.54) is 0 Å². The number of phenols is 1. The first-order valence-corrected chi connectivity index (χ1v) is 9.15. The SMILES string of the molecule is CCCNC(=N)c1nnc(-c2ccccc2O)cc1NC1CCNCC1. The molecule has 138 valence electrons. The summed E-state index contributed by atoms with van der Waals surface area (Å²) in [5.74, 6) is 0.432. The van der Waals surface area contributed by atoms with Crippen LogP contribution in [0.25, 0.3) is 11.3 Å². The summed E-state index contributed by atoms with van der Waals surface area (Å²) in [6, 6.07) is 9.29. The van der Waals surface area contributed by atoms with Crippen molar-refractivity contribution < 1.29 is 5.11 Å². The fourth-order valence-electron chi connectivity index (χ4n) is 3.03. The molecule has 0 bridgehead atoms. The minimum atomic E-state index is 0.168. The molecule has 26 heavy (non-hydrogen) atoms. The Bertz CT molecular complexity index is 757. The van der Waals surface area contributed by atoms with Crippen LogP contribution in [0.1, 0.15) is 31.9 Å². The van der Waals surface area contributed by atoms with Crippen molar-refractivity contribution in [1.29, 1.82) is 5.41 Å². The summed E-state index contributed by atoms with van der Waals surface area (Å²) in [6.45, 7) is 4.72. The zero-order valence-corrected chi connectivity index (χ0v) is 15.0. The summed E-state index contributed by atoms with van der Waals surface area (Å²) in [5, 5.41) is 36.9. The Balaban J connectivity index is 1.93. The van der Waals surface area contributed by atoms with E-state index in [1.54, 1.807) is 12.1 Å².